The highest BCUT2D eigenvalue weighted by Gasteiger charge is 2.42. The van der Waals surface area contributed by atoms with Gasteiger partial charge in [0.15, 0.2) is 11.9 Å². The maximum atomic E-state index is 12.8. The Kier molecular flexibility index (Phi) is 4.18. The van der Waals surface area contributed by atoms with Gasteiger partial charge in [0.05, 0.1) is 10.8 Å². The average molecular weight is 326 g/mol. The number of thiophene rings is 1. The molecule has 0 fully saturated rings. The second-order valence-electron chi connectivity index (χ2n) is 5.79. The minimum absolute atomic E-state index is 0.0467. The molecule has 0 N–H and O–H groups in total. The number of carbonyl (C=O) groups excluding carboxylic acids is 2. The smallest absolute Gasteiger partial charge is 0.214 e. The van der Waals surface area contributed by atoms with Crippen LogP contribution < -0.4 is 0 Å². The lowest BCUT2D eigenvalue weighted by Gasteiger charge is -2.20. The van der Waals surface area contributed by atoms with Gasteiger partial charge in [-0.3, -0.25) is 9.59 Å². The Morgan fingerprint density at radius 1 is 1.09 bits per heavy atom. The third-order valence-corrected chi connectivity index (χ3v) is 5.02. The summed E-state index contributed by atoms with van der Waals surface area (Å²) in [6.07, 6.45) is -0.671. The first-order valence-electron chi connectivity index (χ1n) is 7.51. The Labute approximate surface area is 139 Å². The van der Waals surface area contributed by atoms with Crippen LogP contribution in [0.2, 0.25) is 0 Å². The van der Waals surface area contributed by atoms with E-state index in [-0.39, 0.29) is 17.5 Å². The molecule has 1 aliphatic rings. The number of ether oxygens (including phenoxy) is 1. The predicted octanol–water partition coefficient (Wildman–Crippen LogP) is 4.28. The maximum Gasteiger partial charge on any atom is 0.214 e. The van der Waals surface area contributed by atoms with Crippen LogP contribution in [0, 0.1) is 6.92 Å². The molecule has 2 heterocycles. The largest absolute Gasteiger partial charge is 0.485 e. The summed E-state index contributed by atoms with van der Waals surface area (Å²) in [5, 5.41) is 1.87. The van der Waals surface area contributed by atoms with Crippen molar-refractivity contribution in [1.29, 1.82) is 0 Å². The third kappa shape index (κ3) is 2.86. The van der Waals surface area contributed by atoms with E-state index >= 15 is 0 Å². The van der Waals surface area contributed by atoms with Crippen molar-refractivity contribution in [3.8, 4) is 0 Å². The third-order valence-electron chi connectivity index (χ3n) is 4.13. The minimum Gasteiger partial charge on any atom is -0.485 e. The Morgan fingerprint density at radius 3 is 2.35 bits per heavy atom. The van der Waals surface area contributed by atoms with Crippen molar-refractivity contribution in [3.05, 3.63) is 69.1 Å². The Bertz CT molecular complexity index is 769. The van der Waals surface area contributed by atoms with Gasteiger partial charge in [-0.2, -0.15) is 0 Å². The lowest BCUT2D eigenvalue weighted by molar-refractivity contribution is -0.113. The number of allylic oxidation sites excluding steroid dienone is 1. The molecule has 1 aliphatic heterocycles. The van der Waals surface area contributed by atoms with Crippen molar-refractivity contribution in [3.63, 3.8) is 0 Å². The summed E-state index contributed by atoms with van der Waals surface area (Å²) in [6.45, 7) is 5.30. The Balaban J connectivity index is 2.05. The molecule has 0 radical (unpaired) electrons. The molecule has 0 saturated carbocycles. The molecule has 0 spiro atoms. The number of Topliss-reactive ketones (excluding diaryl/α,β-unsaturated/α-hetero) is 2. The van der Waals surface area contributed by atoms with Crippen LogP contribution in [0.3, 0.4) is 0 Å². The molecule has 0 saturated heterocycles. The Hall–Kier alpha value is -2.20. The SMILES string of the molecule is CC(=O)C1=C(C)O[C@@H](C(=O)c2cccs2)[C@@H]1c1ccc(C)cc1. The van der Waals surface area contributed by atoms with Crippen LogP contribution in [0.15, 0.2) is 53.1 Å². The first kappa shape index (κ1) is 15.7. The van der Waals surface area contributed by atoms with Crippen molar-refractivity contribution in [1.82, 2.24) is 0 Å². The monoisotopic (exact) mass is 326 g/mol. The number of rotatable bonds is 4. The van der Waals surface area contributed by atoms with Crippen LogP contribution in [0.5, 0.6) is 0 Å². The zero-order chi connectivity index (χ0) is 16.6. The number of hydrogen-bond donors (Lipinski definition) is 0. The number of carbonyl (C=O) groups is 2. The highest BCUT2D eigenvalue weighted by atomic mass is 32.1. The van der Waals surface area contributed by atoms with E-state index in [2.05, 4.69) is 0 Å². The summed E-state index contributed by atoms with van der Waals surface area (Å²) in [6, 6.07) is 11.6. The zero-order valence-corrected chi connectivity index (χ0v) is 14.1. The highest BCUT2D eigenvalue weighted by molar-refractivity contribution is 7.12. The van der Waals surface area contributed by atoms with Gasteiger partial charge in [-0.05, 0) is 37.8 Å². The van der Waals surface area contributed by atoms with Gasteiger partial charge in [-0.1, -0.05) is 35.9 Å². The zero-order valence-electron chi connectivity index (χ0n) is 13.3. The van der Waals surface area contributed by atoms with E-state index in [1.165, 1.54) is 18.3 Å². The van der Waals surface area contributed by atoms with Crippen LogP contribution in [0.1, 0.15) is 40.6 Å². The number of hydrogen-bond acceptors (Lipinski definition) is 4. The molecule has 4 heteroatoms. The highest BCUT2D eigenvalue weighted by Crippen LogP contribution is 2.41. The summed E-state index contributed by atoms with van der Waals surface area (Å²) in [7, 11) is 0. The second kappa shape index (κ2) is 6.13. The fraction of sp³-hybridized carbons (Fsp3) is 0.263. The first-order valence-corrected chi connectivity index (χ1v) is 8.39. The van der Waals surface area contributed by atoms with Crippen molar-refractivity contribution in [2.75, 3.05) is 0 Å². The molecule has 23 heavy (non-hydrogen) atoms. The van der Waals surface area contributed by atoms with Crippen LogP contribution in [0.25, 0.3) is 0 Å². The number of benzene rings is 1. The summed E-state index contributed by atoms with van der Waals surface area (Å²) in [5.41, 5.74) is 2.68. The van der Waals surface area contributed by atoms with Gasteiger partial charge in [0.25, 0.3) is 0 Å². The number of ketones is 2. The van der Waals surface area contributed by atoms with Crippen molar-refractivity contribution in [2.45, 2.75) is 32.8 Å². The molecular formula is C19H18O3S. The average Bonchev–Trinajstić information content (AvgIpc) is 3.15. The topological polar surface area (TPSA) is 43.4 Å². The quantitative estimate of drug-likeness (QED) is 0.787. The molecule has 118 valence electrons. The van der Waals surface area contributed by atoms with E-state index in [4.69, 9.17) is 4.74 Å². The molecule has 1 aromatic carbocycles. The Morgan fingerprint density at radius 2 is 1.78 bits per heavy atom. The van der Waals surface area contributed by atoms with E-state index in [1.807, 2.05) is 42.6 Å². The fourth-order valence-corrected chi connectivity index (χ4v) is 3.73. The molecule has 0 unspecified atom stereocenters. The van der Waals surface area contributed by atoms with Crippen LogP contribution in [0.4, 0.5) is 0 Å². The van der Waals surface area contributed by atoms with Gasteiger partial charge >= 0.3 is 0 Å². The minimum atomic E-state index is -0.671. The van der Waals surface area contributed by atoms with Crippen LogP contribution >= 0.6 is 11.3 Å². The first-order chi connectivity index (χ1) is 11.0. The second-order valence-corrected chi connectivity index (χ2v) is 6.74. The molecule has 0 aliphatic carbocycles. The molecular weight excluding hydrogens is 308 g/mol. The van der Waals surface area contributed by atoms with Gasteiger partial charge in [0.2, 0.25) is 5.78 Å². The van der Waals surface area contributed by atoms with Gasteiger partial charge in [0, 0.05) is 5.57 Å². The van der Waals surface area contributed by atoms with E-state index in [0.717, 1.165) is 11.1 Å². The molecule has 3 nitrogen and oxygen atoms in total. The molecule has 2 aromatic rings. The van der Waals surface area contributed by atoms with Gasteiger partial charge in [-0.15, -0.1) is 11.3 Å². The summed E-state index contributed by atoms with van der Waals surface area (Å²) >= 11 is 1.40. The number of aryl methyl sites for hydroxylation is 1. The van der Waals surface area contributed by atoms with E-state index in [9.17, 15) is 9.59 Å². The van der Waals surface area contributed by atoms with E-state index < -0.39 is 6.10 Å². The van der Waals surface area contributed by atoms with Crippen molar-refractivity contribution < 1.29 is 14.3 Å². The van der Waals surface area contributed by atoms with Crippen LogP contribution in [-0.2, 0) is 9.53 Å². The van der Waals surface area contributed by atoms with Crippen LogP contribution in [-0.4, -0.2) is 17.7 Å². The molecule has 0 amide bonds. The van der Waals surface area contributed by atoms with E-state index in [1.54, 1.807) is 13.0 Å². The maximum absolute atomic E-state index is 12.8. The van der Waals surface area contributed by atoms with Gasteiger partial charge in [0.1, 0.15) is 5.76 Å². The molecule has 0 bridgehead atoms. The predicted molar refractivity (Wildman–Crippen MR) is 90.8 cm³/mol. The standard InChI is InChI=1S/C19H18O3S/c1-11-6-8-14(9-7-11)17-16(12(2)20)13(3)22-19(17)18(21)15-5-4-10-23-15/h4-10,17,19H,1-3H3/t17-,19-/m1/s1. The van der Waals surface area contributed by atoms with Crippen molar-refractivity contribution in [2.24, 2.45) is 0 Å². The molecule has 2 atom stereocenters. The van der Waals surface area contributed by atoms with Gasteiger partial charge in [-0.25, -0.2) is 0 Å². The normalized spacial score (nSPS) is 20.5. The van der Waals surface area contributed by atoms with Gasteiger partial charge < -0.3 is 4.74 Å². The fourth-order valence-electron chi connectivity index (χ4n) is 3.04. The lowest BCUT2D eigenvalue weighted by Crippen LogP contribution is -2.28. The molecule has 1 aromatic heterocycles. The summed E-state index contributed by atoms with van der Waals surface area (Å²) in [5.74, 6) is 0.0939. The summed E-state index contributed by atoms with van der Waals surface area (Å²) in [4.78, 5) is 25.6. The summed E-state index contributed by atoms with van der Waals surface area (Å²) < 4.78 is 5.83. The molecule has 3 rings (SSSR count). The van der Waals surface area contributed by atoms with Crippen molar-refractivity contribution >= 4 is 22.9 Å². The van der Waals surface area contributed by atoms with E-state index in [0.29, 0.717) is 16.2 Å². The lowest BCUT2D eigenvalue weighted by atomic mass is 9.83.